The number of fused-ring (bicyclic) bond motifs is 1. The second-order valence-corrected chi connectivity index (χ2v) is 19.1. The zero-order valence-electron chi connectivity index (χ0n) is 36.4. The zero-order valence-corrected chi connectivity index (χ0v) is 38.0. The van der Waals surface area contributed by atoms with Gasteiger partial charge in [-0.2, -0.15) is 0 Å². The molecule has 65 heavy (non-hydrogen) atoms. The molecule has 5 atom stereocenters. The van der Waals surface area contributed by atoms with Crippen LogP contribution in [0, 0.1) is 12.8 Å². The lowest BCUT2D eigenvalue weighted by molar-refractivity contribution is -0.141. The topological polar surface area (TPSA) is 189 Å². The Morgan fingerprint density at radius 1 is 0.938 bits per heavy atom. The third-order valence-electron chi connectivity index (χ3n) is 13.0. The average Bonchev–Trinajstić information content (AvgIpc) is 3.81. The van der Waals surface area contributed by atoms with Crippen LogP contribution in [-0.4, -0.2) is 93.6 Å². The van der Waals surface area contributed by atoms with Gasteiger partial charge in [0.1, 0.15) is 34.7 Å². The molecule has 3 fully saturated rings. The summed E-state index contributed by atoms with van der Waals surface area (Å²) in [7, 11) is 0. The second-order valence-electron chi connectivity index (χ2n) is 17.9. The zero-order chi connectivity index (χ0) is 45.1. The number of benzene rings is 2. The van der Waals surface area contributed by atoms with Crippen LogP contribution < -0.4 is 10.2 Å². The smallest absolute Gasteiger partial charge is 0.243 e. The number of para-hydroxylation sites is 1. The molecule has 15 nitrogen and oxygen atoms in total. The first-order valence-corrected chi connectivity index (χ1v) is 23.4. The summed E-state index contributed by atoms with van der Waals surface area (Å²) in [4.78, 5) is 46.8. The van der Waals surface area contributed by atoms with Gasteiger partial charge in [-0.15, -0.1) is 21.5 Å². The van der Waals surface area contributed by atoms with Crippen molar-refractivity contribution in [2.45, 2.75) is 89.4 Å². The number of halogens is 1. The van der Waals surface area contributed by atoms with E-state index in [0.717, 1.165) is 65.1 Å². The minimum Gasteiger partial charge on any atom is -0.506 e. The second kappa shape index (κ2) is 17.3. The fourth-order valence-corrected chi connectivity index (χ4v) is 10.4. The lowest BCUT2D eigenvalue weighted by Crippen LogP contribution is -2.48. The number of aromatic nitrogens is 7. The number of rotatable bonds is 12. The number of aliphatic hydroxyl groups excluding tert-OH is 1. The molecule has 1 saturated carbocycles. The molecule has 7 heterocycles. The number of aryl methyl sites for hydroxylation is 1. The van der Waals surface area contributed by atoms with Crippen LogP contribution in [0.25, 0.3) is 44.0 Å². The Balaban J connectivity index is 0.808. The first kappa shape index (κ1) is 42.7. The first-order valence-electron chi connectivity index (χ1n) is 22.1. The molecular formula is C48H49ClN10O5S. The molecule has 5 aromatic heterocycles. The van der Waals surface area contributed by atoms with Gasteiger partial charge >= 0.3 is 0 Å². The Hall–Kier alpha value is -6.23. The number of β-amino-alcohol motifs (C(OH)–C–C–N with tert-alkyl or cyclic N) is 1. The van der Waals surface area contributed by atoms with Crippen molar-refractivity contribution in [3.05, 3.63) is 106 Å². The highest BCUT2D eigenvalue weighted by atomic mass is 35.5. The normalized spacial score (nSPS) is 19.6. The molecule has 3 N–H and O–H groups in total. The number of likely N-dealkylation sites (tertiary alicyclic amines) is 1. The van der Waals surface area contributed by atoms with E-state index >= 15 is 0 Å². The van der Waals surface area contributed by atoms with Crippen molar-refractivity contribution in [3.8, 4) is 38.7 Å². The summed E-state index contributed by atoms with van der Waals surface area (Å²) in [5, 5.41) is 38.1. The predicted molar refractivity (Wildman–Crippen MR) is 248 cm³/mol. The molecule has 2 aliphatic heterocycles. The number of nitrogens with one attached hydrogen (secondary N) is 1. The number of carbonyl (C=O) groups is 2. The SMILES string of the molecule is Cc1ncsc1-c1ccc([C@H](C)NC(=O)[C@@H]2C[C@@H](O)CN2C(=O)C(c2cc(-c3cnc(N4CC[C@@H](c5cc6nnc(-c7cccc(Cl)c7O)cc6n5C5CC5)C4)nc3)no2)C(C)C)cc1. The molecule has 0 bridgehead atoms. The van der Waals surface area contributed by atoms with E-state index in [4.69, 9.17) is 26.1 Å². The van der Waals surface area contributed by atoms with Crippen LogP contribution in [-0.2, 0) is 9.59 Å². The fourth-order valence-electron chi connectivity index (χ4n) is 9.43. The summed E-state index contributed by atoms with van der Waals surface area (Å²) < 4.78 is 8.25. The van der Waals surface area contributed by atoms with Gasteiger partial charge in [0.05, 0.1) is 44.5 Å². The number of phenols is 1. The van der Waals surface area contributed by atoms with E-state index in [1.54, 1.807) is 48.0 Å². The van der Waals surface area contributed by atoms with E-state index in [2.05, 4.69) is 41.2 Å². The molecule has 17 heteroatoms. The summed E-state index contributed by atoms with van der Waals surface area (Å²) in [5.74, 6) is -0.381. The summed E-state index contributed by atoms with van der Waals surface area (Å²) in [5.41, 5.74) is 10.1. The van der Waals surface area contributed by atoms with Crippen molar-refractivity contribution in [3.63, 3.8) is 0 Å². The van der Waals surface area contributed by atoms with Gasteiger partial charge in [-0.25, -0.2) is 15.0 Å². The molecule has 1 unspecified atom stereocenters. The predicted octanol–water partition coefficient (Wildman–Crippen LogP) is 8.24. The van der Waals surface area contributed by atoms with Crippen LogP contribution >= 0.6 is 22.9 Å². The van der Waals surface area contributed by atoms with Crippen molar-refractivity contribution in [1.82, 2.24) is 45.1 Å². The Morgan fingerprint density at radius 3 is 2.45 bits per heavy atom. The van der Waals surface area contributed by atoms with Crippen molar-refractivity contribution in [2.24, 2.45) is 5.92 Å². The van der Waals surface area contributed by atoms with E-state index in [1.807, 2.05) is 63.5 Å². The number of amides is 2. The number of phenolic OH excluding ortho intramolecular Hbond substituents is 1. The van der Waals surface area contributed by atoms with Gasteiger partial charge in [0.15, 0.2) is 0 Å². The third kappa shape index (κ3) is 8.23. The summed E-state index contributed by atoms with van der Waals surface area (Å²) in [6.07, 6.45) is 5.85. The third-order valence-corrected chi connectivity index (χ3v) is 14.3. The van der Waals surface area contributed by atoms with E-state index < -0.39 is 18.1 Å². The highest BCUT2D eigenvalue weighted by Crippen LogP contribution is 2.44. The minimum atomic E-state index is -0.845. The highest BCUT2D eigenvalue weighted by Gasteiger charge is 2.44. The van der Waals surface area contributed by atoms with Crippen molar-refractivity contribution >= 4 is 51.7 Å². The van der Waals surface area contributed by atoms with Gasteiger partial charge in [0.2, 0.25) is 17.8 Å². The van der Waals surface area contributed by atoms with Crippen LogP contribution in [0.1, 0.15) is 93.1 Å². The Morgan fingerprint density at radius 2 is 1.72 bits per heavy atom. The van der Waals surface area contributed by atoms with Gasteiger partial charge in [-0.3, -0.25) is 9.59 Å². The minimum absolute atomic E-state index is 0.00808. The quantitative estimate of drug-likeness (QED) is 0.107. The van der Waals surface area contributed by atoms with E-state index in [1.165, 1.54) is 10.6 Å². The van der Waals surface area contributed by atoms with Crippen LogP contribution in [0.3, 0.4) is 0 Å². The molecule has 0 spiro atoms. The van der Waals surface area contributed by atoms with E-state index in [9.17, 15) is 19.8 Å². The van der Waals surface area contributed by atoms with Crippen molar-refractivity contribution in [2.75, 3.05) is 24.5 Å². The van der Waals surface area contributed by atoms with E-state index in [0.29, 0.717) is 40.3 Å². The van der Waals surface area contributed by atoms with Crippen molar-refractivity contribution < 1.29 is 24.3 Å². The van der Waals surface area contributed by atoms with Crippen molar-refractivity contribution in [1.29, 1.82) is 0 Å². The lowest BCUT2D eigenvalue weighted by atomic mass is 9.91. The molecule has 0 radical (unpaired) electrons. The molecule has 2 saturated heterocycles. The highest BCUT2D eigenvalue weighted by molar-refractivity contribution is 7.13. The Bertz CT molecular complexity index is 2890. The lowest BCUT2D eigenvalue weighted by Gasteiger charge is -2.29. The Kier molecular flexibility index (Phi) is 11.4. The number of aliphatic hydroxyl groups is 1. The van der Waals surface area contributed by atoms with Crippen LogP contribution in [0.4, 0.5) is 5.95 Å². The standard InChI is InChI=1S/C48H49ClN10O5S/c1-25(2)43(47(63)58-23-33(60)16-41(58)46(62)53-26(3)28-8-10-29(11-9-28)45-27(4)52-24-65-45)42-19-36(56-64-42)31-20-50-48(51-21-31)57-15-14-30(22-57)39-18-38-40(59(39)32-12-13-32)17-37(54-55-38)34-6-5-7-35(49)44(34)61/h5-11,17-21,24-26,30,32-33,41,43,60-61H,12-16,22-23H2,1-4H3,(H,53,62)/t26-,30+,33+,41-,43?/m0/s1. The van der Waals surface area contributed by atoms with Gasteiger partial charge in [-0.05, 0) is 74.4 Å². The number of hydrogen-bond acceptors (Lipinski definition) is 13. The van der Waals surface area contributed by atoms with Gasteiger partial charge in [0, 0.05) is 73.3 Å². The summed E-state index contributed by atoms with van der Waals surface area (Å²) in [6.45, 7) is 9.29. The molecule has 7 aromatic rings. The maximum atomic E-state index is 14.3. The largest absolute Gasteiger partial charge is 0.506 e. The number of aromatic hydroxyl groups is 1. The number of anilines is 1. The summed E-state index contributed by atoms with van der Waals surface area (Å²) >= 11 is 7.81. The number of thiazole rings is 1. The molecule has 1 aliphatic carbocycles. The first-order chi connectivity index (χ1) is 31.4. The van der Waals surface area contributed by atoms with Crippen LogP contribution in [0.2, 0.25) is 5.02 Å². The maximum absolute atomic E-state index is 14.3. The monoisotopic (exact) mass is 912 g/mol. The molecular weight excluding hydrogens is 864 g/mol. The molecule has 10 rings (SSSR count). The van der Waals surface area contributed by atoms with Gasteiger partial charge in [0.25, 0.3) is 0 Å². The molecule has 2 aromatic carbocycles. The average molecular weight is 914 g/mol. The number of carbonyl (C=O) groups excluding carboxylic acids is 2. The van der Waals surface area contributed by atoms with Crippen LogP contribution in [0.15, 0.2) is 83.1 Å². The molecule has 334 valence electrons. The van der Waals surface area contributed by atoms with Crippen LogP contribution in [0.5, 0.6) is 5.75 Å². The van der Waals surface area contributed by atoms with Gasteiger partial charge in [-0.1, -0.05) is 60.9 Å². The Labute approximate surface area is 384 Å². The number of hydrogen-bond donors (Lipinski definition) is 3. The fraction of sp³-hybridized carbons (Fsp3) is 0.375. The number of nitrogens with zero attached hydrogens (tertiary/aromatic N) is 9. The molecule has 2 amide bonds. The summed E-state index contributed by atoms with van der Waals surface area (Å²) in [6, 6.07) is 18.4. The van der Waals surface area contributed by atoms with E-state index in [-0.39, 0.29) is 53.4 Å². The van der Waals surface area contributed by atoms with Gasteiger partial charge < -0.3 is 34.4 Å². The maximum Gasteiger partial charge on any atom is 0.243 e. The molecule has 3 aliphatic rings.